The number of carboxylic acid groups (broad SMARTS) is 1. The number of carbonyl (C=O) groups excluding carboxylic acids is 1. The highest BCUT2D eigenvalue weighted by molar-refractivity contribution is 5.95. The second kappa shape index (κ2) is 5.17. The Bertz CT molecular complexity index is 562. The smallest absolute Gasteiger partial charge is 0.313 e. The lowest BCUT2D eigenvalue weighted by molar-refractivity contribution is -0.142. The Morgan fingerprint density at radius 3 is 2.33 bits per heavy atom. The zero-order valence-corrected chi connectivity index (χ0v) is 13.1. The van der Waals surface area contributed by atoms with E-state index in [2.05, 4.69) is 19.2 Å². The summed E-state index contributed by atoms with van der Waals surface area (Å²) in [5.74, 6) is -0.710. The molecule has 1 saturated carbocycles. The van der Waals surface area contributed by atoms with Crippen LogP contribution in [0.5, 0.6) is 0 Å². The molecule has 4 heteroatoms. The number of carboxylic acids is 1. The van der Waals surface area contributed by atoms with Crippen LogP contribution in [0.3, 0.4) is 0 Å². The number of rotatable bonds is 5. The third-order valence-electron chi connectivity index (χ3n) is 4.88. The molecule has 2 atom stereocenters. The summed E-state index contributed by atoms with van der Waals surface area (Å²) in [7, 11) is 0. The molecule has 2 N–H and O–H groups in total. The number of hydrogen-bond acceptors (Lipinski definition) is 2. The number of nitrogens with one attached hydrogen (secondary N) is 1. The van der Waals surface area contributed by atoms with Gasteiger partial charge in [0.2, 0.25) is 5.91 Å². The van der Waals surface area contributed by atoms with E-state index in [0.29, 0.717) is 0 Å². The van der Waals surface area contributed by atoms with Crippen LogP contribution in [0.15, 0.2) is 24.3 Å². The predicted octanol–water partition coefficient (Wildman–Crippen LogP) is 3.42. The van der Waals surface area contributed by atoms with Crippen molar-refractivity contribution in [2.24, 2.45) is 11.3 Å². The molecule has 1 aliphatic carbocycles. The van der Waals surface area contributed by atoms with Crippen LogP contribution in [-0.2, 0) is 15.0 Å². The van der Waals surface area contributed by atoms with Crippen molar-refractivity contribution in [2.45, 2.75) is 46.0 Å². The van der Waals surface area contributed by atoms with Crippen LogP contribution >= 0.6 is 0 Å². The number of anilines is 1. The largest absolute Gasteiger partial charge is 0.481 e. The molecule has 0 heterocycles. The zero-order chi connectivity index (χ0) is 15.8. The molecule has 0 spiro atoms. The topological polar surface area (TPSA) is 66.4 Å². The summed E-state index contributed by atoms with van der Waals surface area (Å²) in [5.41, 5.74) is 0.655. The molecule has 0 radical (unpaired) electrons. The lowest BCUT2D eigenvalue weighted by Crippen LogP contribution is -2.28. The van der Waals surface area contributed by atoms with Crippen molar-refractivity contribution in [1.29, 1.82) is 0 Å². The Kier molecular flexibility index (Phi) is 3.83. The summed E-state index contributed by atoms with van der Waals surface area (Å²) < 4.78 is 0. The van der Waals surface area contributed by atoms with Gasteiger partial charge in [-0.1, -0.05) is 26.0 Å². The first-order valence-electron chi connectivity index (χ1n) is 7.35. The molecule has 0 saturated heterocycles. The van der Waals surface area contributed by atoms with Crippen molar-refractivity contribution in [3.05, 3.63) is 29.8 Å². The number of carbonyl (C=O) groups is 2. The molecule has 21 heavy (non-hydrogen) atoms. The van der Waals surface area contributed by atoms with Crippen LogP contribution in [0.1, 0.15) is 46.1 Å². The van der Waals surface area contributed by atoms with Crippen molar-refractivity contribution < 1.29 is 14.7 Å². The van der Waals surface area contributed by atoms with Gasteiger partial charge in [-0.2, -0.15) is 0 Å². The van der Waals surface area contributed by atoms with Gasteiger partial charge in [-0.15, -0.1) is 0 Å². The first kappa shape index (κ1) is 15.5. The van der Waals surface area contributed by atoms with Crippen molar-refractivity contribution >= 4 is 17.6 Å². The van der Waals surface area contributed by atoms with E-state index in [9.17, 15) is 14.7 Å². The summed E-state index contributed by atoms with van der Waals surface area (Å²) in [6.07, 6.45) is 1.95. The Labute approximate surface area is 125 Å². The molecule has 1 amide bonds. The van der Waals surface area contributed by atoms with Crippen molar-refractivity contribution in [3.63, 3.8) is 0 Å². The highest BCUT2D eigenvalue weighted by atomic mass is 16.4. The molecule has 114 valence electrons. The van der Waals surface area contributed by atoms with Crippen LogP contribution < -0.4 is 5.32 Å². The number of aliphatic carboxylic acids is 1. The molecule has 2 unspecified atom stereocenters. The fraction of sp³-hybridized carbons (Fsp3) is 0.529. The van der Waals surface area contributed by atoms with Gasteiger partial charge in [0.15, 0.2) is 0 Å². The van der Waals surface area contributed by atoms with E-state index in [-0.39, 0.29) is 17.2 Å². The standard InChI is InChI=1S/C17H23NO3/c1-5-17(4)10-13(17)14(19)18-12-8-6-11(7-9-12)16(2,3)15(20)21/h6-9,13H,5,10H2,1-4H3,(H,18,19)(H,20,21). The number of amides is 1. The van der Waals surface area contributed by atoms with Gasteiger partial charge in [-0.3, -0.25) is 9.59 Å². The minimum Gasteiger partial charge on any atom is -0.481 e. The third-order valence-corrected chi connectivity index (χ3v) is 4.88. The summed E-state index contributed by atoms with van der Waals surface area (Å²) in [6.45, 7) is 7.57. The molecular weight excluding hydrogens is 266 g/mol. The molecular formula is C17H23NO3. The summed E-state index contributed by atoms with van der Waals surface area (Å²) >= 11 is 0. The Hall–Kier alpha value is -1.84. The molecule has 1 aromatic carbocycles. The maximum atomic E-state index is 12.1. The SMILES string of the molecule is CCC1(C)CC1C(=O)Nc1ccc(C(C)(C)C(=O)O)cc1. The maximum Gasteiger partial charge on any atom is 0.313 e. The van der Waals surface area contributed by atoms with Gasteiger partial charge in [-0.25, -0.2) is 0 Å². The van der Waals surface area contributed by atoms with Gasteiger partial charge in [0, 0.05) is 11.6 Å². The second-order valence-electron chi connectivity index (χ2n) is 6.76. The summed E-state index contributed by atoms with van der Waals surface area (Å²) in [5, 5.41) is 12.1. The van der Waals surface area contributed by atoms with Crippen LogP contribution in [-0.4, -0.2) is 17.0 Å². The molecule has 4 nitrogen and oxygen atoms in total. The maximum absolute atomic E-state index is 12.1. The van der Waals surface area contributed by atoms with E-state index in [0.717, 1.165) is 24.1 Å². The monoisotopic (exact) mass is 289 g/mol. The average molecular weight is 289 g/mol. The third kappa shape index (κ3) is 2.94. The molecule has 0 bridgehead atoms. The number of hydrogen-bond donors (Lipinski definition) is 2. The first-order valence-corrected chi connectivity index (χ1v) is 7.35. The van der Waals surface area contributed by atoms with E-state index in [1.807, 2.05) is 0 Å². The molecule has 1 fully saturated rings. The lowest BCUT2D eigenvalue weighted by atomic mass is 9.85. The van der Waals surface area contributed by atoms with E-state index in [1.54, 1.807) is 38.1 Å². The fourth-order valence-electron chi connectivity index (χ4n) is 2.53. The van der Waals surface area contributed by atoms with Crippen LogP contribution in [0.4, 0.5) is 5.69 Å². The molecule has 1 aliphatic rings. The highest BCUT2D eigenvalue weighted by Gasteiger charge is 2.52. The number of benzene rings is 1. The second-order valence-corrected chi connectivity index (χ2v) is 6.76. The average Bonchev–Trinajstić information content (AvgIpc) is 3.12. The minimum atomic E-state index is -0.931. The minimum absolute atomic E-state index is 0.0598. The molecule has 2 rings (SSSR count). The van der Waals surface area contributed by atoms with Crippen molar-refractivity contribution in [3.8, 4) is 0 Å². The molecule has 1 aromatic rings. The van der Waals surface area contributed by atoms with Crippen LogP contribution in [0.2, 0.25) is 0 Å². The normalized spacial score (nSPS) is 24.5. The van der Waals surface area contributed by atoms with Gasteiger partial charge in [0.25, 0.3) is 0 Å². The molecule has 0 aromatic heterocycles. The highest BCUT2D eigenvalue weighted by Crippen LogP contribution is 2.55. The lowest BCUT2D eigenvalue weighted by Gasteiger charge is -2.20. The van der Waals surface area contributed by atoms with E-state index in [1.165, 1.54) is 0 Å². The first-order chi connectivity index (χ1) is 9.70. The Morgan fingerprint density at radius 2 is 1.90 bits per heavy atom. The predicted molar refractivity (Wildman–Crippen MR) is 82.2 cm³/mol. The van der Waals surface area contributed by atoms with Gasteiger partial charge in [-0.05, 0) is 49.8 Å². The summed E-state index contributed by atoms with van der Waals surface area (Å²) in [6, 6.07) is 7.05. The Balaban J connectivity index is 2.04. The zero-order valence-electron chi connectivity index (χ0n) is 13.1. The van der Waals surface area contributed by atoms with E-state index in [4.69, 9.17) is 0 Å². The van der Waals surface area contributed by atoms with E-state index >= 15 is 0 Å². The van der Waals surface area contributed by atoms with Gasteiger partial charge < -0.3 is 10.4 Å². The summed E-state index contributed by atoms with van der Waals surface area (Å²) in [4.78, 5) is 23.4. The van der Waals surface area contributed by atoms with Gasteiger partial charge >= 0.3 is 5.97 Å². The quantitative estimate of drug-likeness (QED) is 0.872. The van der Waals surface area contributed by atoms with Crippen molar-refractivity contribution in [1.82, 2.24) is 0 Å². The van der Waals surface area contributed by atoms with Crippen molar-refractivity contribution in [2.75, 3.05) is 5.32 Å². The van der Waals surface area contributed by atoms with Gasteiger partial charge in [0.05, 0.1) is 5.41 Å². The van der Waals surface area contributed by atoms with Gasteiger partial charge in [0.1, 0.15) is 0 Å². The van der Waals surface area contributed by atoms with Crippen LogP contribution in [0.25, 0.3) is 0 Å². The Morgan fingerprint density at radius 1 is 1.33 bits per heavy atom. The van der Waals surface area contributed by atoms with Crippen LogP contribution in [0, 0.1) is 11.3 Å². The molecule has 0 aliphatic heterocycles. The fourth-order valence-corrected chi connectivity index (χ4v) is 2.53. The van der Waals surface area contributed by atoms with E-state index < -0.39 is 11.4 Å².